The third kappa shape index (κ3) is 5.01. The van der Waals surface area contributed by atoms with Crippen molar-refractivity contribution in [3.05, 3.63) is 52.5 Å². The number of aromatic nitrogens is 1. The number of hydrogen-bond acceptors (Lipinski definition) is 6. The summed E-state index contributed by atoms with van der Waals surface area (Å²) < 4.78 is 11.6. The molecular weight excluding hydrogens is 434 g/mol. The van der Waals surface area contributed by atoms with Gasteiger partial charge < -0.3 is 9.47 Å². The number of benzene rings is 2. The molecule has 3 aromatic rings. The molecule has 0 aliphatic carbocycles. The van der Waals surface area contributed by atoms with E-state index in [1.54, 1.807) is 36.3 Å². The predicted octanol–water partition coefficient (Wildman–Crippen LogP) is 4.64. The van der Waals surface area contributed by atoms with Crippen LogP contribution in [0.15, 0.2) is 36.4 Å². The van der Waals surface area contributed by atoms with E-state index in [4.69, 9.17) is 26.1 Å². The summed E-state index contributed by atoms with van der Waals surface area (Å²) in [7, 11) is 1.61. The van der Waals surface area contributed by atoms with Crippen LogP contribution in [0.2, 0.25) is 5.02 Å². The van der Waals surface area contributed by atoms with E-state index in [0.29, 0.717) is 22.3 Å². The van der Waals surface area contributed by atoms with Crippen molar-refractivity contribution < 1.29 is 14.3 Å². The fraction of sp³-hybridized carbons (Fsp3) is 0.391. The molecule has 1 fully saturated rings. The smallest absolute Gasteiger partial charge is 0.260 e. The lowest BCUT2D eigenvalue weighted by Gasteiger charge is -2.27. The summed E-state index contributed by atoms with van der Waals surface area (Å²) >= 11 is 7.88. The van der Waals surface area contributed by atoms with Crippen LogP contribution in [0.4, 0.5) is 5.13 Å². The van der Waals surface area contributed by atoms with E-state index < -0.39 is 0 Å². The Balaban J connectivity index is 1.60. The largest absolute Gasteiger partial charge is 0.497 e. The van der Waals surface area contributed by atoms with Gasteiger partial charge in [0.1, 0.15) is 5.75 Å². The predicted molar refractivity (Wildman–Crippen MR) is 126 cm³/mol. The molecule has 2 heterocycles. The van der Waals surface area contributed by atoms with Crippen molar-refractivity contribution in [1.29, 1.82) is 0 Å². The third-order valence-corrected chi connectivity index (χ3v) is 7.00. The molecule has 0 radical (unpaired) electrons. The van der Waals surface area contributed by atoms with Gasteiger partial charge in [0, 0.05) is 31.7 Å². The van der Waals surface area contributed by atoms with Crippen LogP contribution in [-0.4, -0.2) is 62.3 Å². The van der Waals surface area contributed by atoms with Crippen molar-refractivity contribution in [3.8, 4) is 5.75 Å². The van der Waals surface area contributed by atoms with Crippen LogP contribution in [0.5, 0.6) is 5.75 Å². The van der Waals surface area contributed by atoms with Crippen molar-refractivity contribution in [1.82, 2.24) is 9.88 Å². The number of thiazole rings is 1. The number of carbonyl (C=O) groups is 1. The molecule has 4 rings (SSSR count). The first kappa shape index (κ1) is 22.0. The van der Waals surface area contributed by atoms with Crippen LogP contribution in [-0.2, 0) is 4.74 Å². The first-order valence-corrected chi connectivity index (χ1v) is 11.6. The van der Waals surface area contributed by atoms with Crippen LogP contribution >= 0.6 is 22.9 Å². The summed E-state index contributed by atoms with van der Waals surface area (Å²) in [5, 5.41) is 1.34. The number of fused-ring (bicyclic) bond motifs is 1. The second-order valence-corrected chi connectivity index (χ2v) is 8.92. The number of halogens is 1. The highest BCUT2D eigenvalue weighted by molar-refractivity contribution is 7.23. The highest BCUT2D eigenvalue weighted by atomic mass is 35.5. The molecule has 1 aliphatic heterocycles. The number of ether oxygens (including phenoxy) is 2. The molecule has 2 aromatic carbocycles. The molecule has 0 N–H and O–H groups in total. The van der Waals surface area contributed by atoms with Gasteiger partial charge in [0.15, 0.2) is 5.13 Å². The second-order valence-electron chi connectivity index (χ2n) is 7.53. The van der Waals surface area contributed by atoms with Gasteiger partial charge in [-0.15, -0.1) is 0 Å². The Labute approximate surface area is 191 Å². The first-order chi connectivity index (χ1) is 15.1. The Morgan fingerprint density at radius 3 is 2.65 bits per heavy atom. The molecule has 0 atom stereocenters. The molecule has 164 valence electrons. The Hall–Kier alpha value is -2.19. The molecule has 1 aromatic heterocycles. The van der Waals surface area contributed by atoms with Crippen LogP contribution in [0, 0.1) is 6.92 Å². The van der Waals surface area contributed by atoms with E-state index >= 15 is 0 Å². The van der Waals surface area contributed by atoms with Crippen LogP contribution < -0.4 is 9.64 Å². The average molecular weight is 460 g/mol. The second kappa shape index (κ2) is 9.96. The summed E-state index contributed by atoms with van der Waals surface area (Å²) in [6.07, 6.45) is 0.852. The molecule has 0 spiro atoms. The summed E-state index contributed by atoms with van der Waals surface area (Å²) in [6.45, 7) is 6.91. The minimum absolute atomic E-state index is 0.0718. The highest BCUT2D eigenvalue weighted by Crippen LogP contribution is 2.36. The highest BCUT2D eigenvalue weighted by Gasteiger charge is 2.23. The fourth-order valence-corrected chi connectivity index (χ4v) is 5.00. The number of rotatable bonds is 7. The van der Waals surface area contributed by atoms with Gasteiger partial charge in [-0.3, -0.25) is 14.6 Å². The molecule has 1 saturated heterocycles. The zero-order chi connectivity index (χ0) is 21.8. The van der Waals surface area contributed by atoms with Gasteiger partial charge in [0.05, 0.1) is 35.6 Å². The molecule has 31 heavy (non-hydrogen) atoms. The van der Waals surface area contributed by atoms with Gasteiger partial charge in [0.25, 0.3) is 5.91 Å². The summed E-state index contributed by atoms with van der Waals surface area (Å²) in [4.78, 5) is 22.4. The van der Waals surface area contributed by atoms with Crippen molar-refractivity contribution in [2.45, 2.75) is 13.3 Å². The first-order valence-electron chi connectivity index (χ1n) is 10.4. The SMILES string of the molecule is COc1ccc(C(=O)N(CCCN2CCOCC2)c2nc3c(C)ccc(Cl)c3s2)cc1. The number of amides is 1. The van der Waals surface area contributed by atoms with Crippen molar-refractivity contribution in [3.63, 3.8) is 0 Å². The van der Waals surface area contributed by atoms with E-state index in [1.807, 2.05) is 19.1 Å². The van der Waals surface area contributed by atoms with Gasteiger partial charge in [-0.05, 0) is 49.2 Å². The van der Waals surface area contributed by atoms with E-state index in [1.165, 1.54) is 11.3 Å². The molecule has 0 bridgehead atoms. The summed E-state index contributed by atoms with van der Waals surface area (Å²) in [6, 6.07) is 11.0. The number of aryl methyl sites for hydroxylation is 1. The van der Waals surface area contributed by atoms with Gasteiger partial charge in [0.2, 0.25) is 0 Å². The lowest BCUT2D eigenvalue weighted by atomic mass is 10.2. The molecule has 6 nitrogen and oxygen atoms in total. The normalized spacial score (nSPS) is 14.7. The van der Waals surface area contributed by atoms with Gasteiger partial charge in [-0.1, -0.05) is 29.0 Å². The van der Waals surface area contributed by atoms with Crippen LogP contribution in [0.1, 0.15) is 22.3 Å². The summed E-state index contributed by atoms with van der Waals surface area (Å²) in [5.74, 6) is 0.648. The minimum atomic E-state index is -0.0718. The number of morpholine rings is 1. The number of nitrogens with zero attached hydrogens (tertiary/aromatic N) is 3. The fourth-order valence-electron chi connectivity index (χ4n) is 3.66. The number of hydrogen-bond donors (Lipinski definition) is 0. The summed E-state index contributed by atoms with van der Waals surface area (Å²) in [5.41, 5.74) is 2.51. The third-order valence-electron chi connectivity index (χ3n) is 5.46. The van der Waals surface area contributed by atoms with Crippen LogP contribution in [0.25, 0.3) is 10.2 Å². The zero-order valence-corrected chi connectivity index (χ0v) is 19.3. The lowest BCUT2D eigenvalue weighted by molar-refractivity contribution is 0.0376. The maximum Gasteiger partial charge on any atom is 0.260 e. The van der Waals surface area contributed by atoms with Gasteiger partial charge >= 0.3 is 0 Å². The van der Waals surface area contributed by atoms with Gasteiger partial charge in [-0.2, -0.15) is 0 Å². The molecule has 0 unspecified atom stereocenters. The topological polar surface area (TPSA) is 54.9 Å². The van der Waals surface area contributed by atoms with E-state index in [0.717, 1.165) is 60.8 Å². The van der Waals surface area contributed by atoms with Crippen molar-refractivity contribution >= 4 is 44.2 Å². The maximum absolute atomic E-state index is 13.5. The number of methoxy groups -OCH3 is 1. The Morgan fingerprint density at radius 1 is 1.23 bits per heavy atom. The Morgan fingerprint density at radius 2 is 1.97 bits per heavy atom. The average Bonchev–Trinajstić information content (AvgIpc) is 3.26. The minimum Gasteiger partial charge on any atom is -0.497 e. The van der Waals surface area contributed by atoms with E-state index in [-0.39, 0.29) is 5.91 Å². The van der Waals surface area contributed by atoms with E-state index in [2.05, 4.69) is 4.90 Å². The quantitative estimate of drug-likeness (QED) is 0.515. The van der Waals surface area contributed by atoms with Crippen molar-refractivity contribution in [2.24, 2.45) is 0 Å². The van der Waals surface area contributed by atoms with E-state index in [9.17, 15) is 4.79 Å². The Bertz CT molecular complexity index is 1010. The van der Waals surface area contributed by atoms with Gasteiger partial charge in [-0.25, -0.2) is 4.98 Å². The zero-order valence-electron chi connectivity index (χ0n) is 17.8. The molecular formula is C23H26ClN3O3S. The molecule has 1 amide bonds. The van der Waals surface area contributed by atoms with Crippen molar-refractivity contribution in [2.75, 3.05) is 51.4 Å². The molecule has 1 aliphatic rings. The monoisotopic (exact) mass is 459 g/mol. The molecule has 8 heteroatoms. The standard InChI is InChI=1S/C23H26ClN3O3S/c1-16-4-9-19(24)21-20(16)25-23(31-21)27(11-3-10-26-12-14-30-15-13-26)22(28)17-5-7-18(29-2)8-6-17/h4-9H,3,10-15H2,1-2H3. The lowest BCUT2D eigenvalue weighted by Crippen LogP contribution is -2.39. The maximum atomic E-state index is 13.5. The van der Waals surface area contributed by atoms with Crippen LogP contribution in [0.3, 0.4) is 0 Å². The Kier molecular flexibility index (Phi) is 7.07. The molecule has 0 saturated carbocycles. The number of anilines is 1. The number of carbonyl (C=O) groups excluding carboxylic acids is 1.